The van der Waals surface area contributed by atoms with Crippen molar-refractivity contribution in [1.29, 1.82) is 0 Å². The van der Waals surface area contributed by atoms with E-state index >= 15 is 0 Å². The molecule has 3 rings (SSSR count). The molecule has 0 aromatic carbocycles. The van der Waals surface area contributed by atoms with Crippen molar-refractivity contribution in [2.75, 3.05) is 13.2 Å². The van der Waals surface area contributed by atoms with Gasteiger partial charge in [0.25, 0.3) is 5.91 Å². The Morgan fingerprint density at radius 2 is 2.20 bits per heavy atom. The molecule has 6 nitrogen and oxygen atoms in total. The van der Waals surface area contributed by atoms with Crippen LogP contribution in [0.25, 0.3) is 0 Å². The smallest absolute Gasteiger partial charge is 0.372 e. The van der Waals surface area contributed by atoms with Crippen LogP contribution in [-0.4, -0.2) is 42.5 Å². The lowest BCUT2D eigenvalue weighted by molar-refractivity contribution is -0.156. The predicted octanol–water partition coefficient (Wildman–Crippen LogP) is 2.72. The molecule has 0 spiro atoms. The number of hydrogen-bond acceptors (Lipinski definition) is 5. The second-order valence-electron chi connectivity index (χ2n) is 6.57. The molecular weight excluding hydrogens is 339 g/mol. The largest absolute Gasteiger partial charge is 0.408 e. The first kappa shape index (κ1) is 18.2. The summed E-state index contributed by atoms with van der Waals surface area (Å²) in [6.45, 7) is 1.25. The van der Waals surface area contributed by atoms with Crippen LogP contribution in [0, 0.1) is 0 Å². The number of aromatic nitrogens is 1. The van der Waals surface area contributed by atoms with Crippen LogP contribution in [0.5, 0.6) is 0 Å². The molecule has 25 heavy (non-hydrogen) atoms. The van der Waals surface area contributed by atoms with E-state index in [9.17, 15) is 18.0 Å². The molecule has 140 valence electrons. The van der Waals surface area contributed by atoms with Crippen molar-refractivity contribution < 1.29 is 27.2 Å². The number of amides is 1. The number of carbonyl (C=O) groups is 1. The van der Waals surface area contributed by atoms with Gasteiger partial charge in [-0.1, -0.05) is 11.6 Å². The summed E-state index contributed by atoms with van der Waals surface area (Å²) in [6, 6.07) is -2.16. The number of nitrogens with zero attached hydrogens (tertiary/aromatic N) is 1. The Hall–Kier alpha value is -1.61. The Kier molecular flexibility index (Phi) is 5.63. The average Bonchev–Trinajstić information content (AvgIpc) is 3.25. The summed E-state index contributed by atoms with van der Waals surface area (Å²) in [7, 11) is 0. The Labute approximate surface area is 143 Å². The number of nitrogens with one attached hydrogen (secondary N) is 2. The van der Waals surface area contributed by atoms with Crippen molar-refractivity contribution in [3.05, 3.63) is 17.5 Å². The van der Waals surface area contributed by atoms with Crippen LogP contribution in [-0.2, 0) is 4.74 Å². The molecule has 2 aliphatic heterocycles. The molecule has 3 heterocycles. The van der Waals surface area contributed by atoms with Crippen LogP contribution >= 0.6 is 0 Å². The fourth-order valence-electron chi connectivity index (χ4n) is 3.36. The highest BCUT2D eigenvalue weighted by Gasteiger charge is 2.42. The van der Waals surface area contributed by atoms with Crippen molar-refractivity contribution in [3.63, 3.8) is 0 Å². The van der Waals surface area contributed by atoms with Gasteiger partial charge in [0.15, 0.2) is 0 Å². The normalized spacial score (nSPS) is 25.7. The molecule has 0 aliphatic carbocycles. The van der Waals surface area contributed by atoms with E-state index in [2.05, 4.69) is 15.8 Å². The summed E-state index contributed by atoms with van der Waals surface area (Å²) in [5.41, 5.74) is 0.282. The van der Waals surface area contributed by atoms with Gasteiger partial charge in [-0.15, -0.1) is 0 Å². The molecule has 2 fully saturated rings. The molecule has 1 amide bonds. The number of ether oxygens (including phenoxy) is 1. The number of alkyl halides is 3. The van der Waals surface area contributed by atoms with E-state index in [4.69, 9.17) is 9.26 Å². The van der Waals surface area contributed by atoms with E-state index < -0.39 is 24.2 Å². The second kappa shape index (κ2) is 7.74. The first-order valence-corrected chi connectivity index (χ1v) is 8.62. The third-order valence-corrected chi connectivity index (χ3v) is 4.71. The topological polar surface area (TPSA) is 76.4 Å². The van der Waals surface area contributed by atoms with Gasteiger partial charge in [0.1, 0.15) is 29.7 Å². The summed E-state index contributed by atoms with van der Waals surface area (Å²) in [6.07, 6.45) is -0.000522. The molecule has 3 unspecified atom stereocenters. The Bertz CT molecular complexity index is 579. The van der Waals surface area contributed by atoms with Crippen LogP contribution in [0.15, 0.2) is 10.8 Å². The number of hydrogen-bond donors (Lipinski definition) is 2. The van der Waals surface area contributed by atoms with Crippen LogP contribution in [0.2, 0.25) is 0 Å². The van der Waals surface area contributed by atoms with Gasteiger partial charge in [0.05, 0.1) is 0 Å². The standard InChI is InChI=1S/C16H22F3N3O3/c17-16(18,19)13(8-10-4-1-2-6-20-10)21-15(23)11-9-25-22-14(11)12-5-3-7-24-12/h9-10,12-13,20H,1-8H2,(H,21,23). The zero-order valence-electron chi connectivity index (χ0n) is 13.8. The van der Waals surface area contributed by atoms with E-state index in [1.165, 1.54) is 0 Å². The van der Waals surface area contributed by atoms with E-state index in [0.29, 0.717) is 26.0 Å². The van der Waals surface area contributed by atoms with Gasteiger partial charge in [-0.25, -0.2) is 0 Å². The molecule has 2 N–H and O–H groups in total. The molecule has 1 aromatic heterocycles. The van der Waals surface area contributed by atoms with Gasteiger partial charge in [0, 0.05) is 12.6 Å². The summed E-state index contributed by atoms with van der Waals surface area (Å²) >= 11 is 0. The van der Waals surface area contributed by atoms with Crippen LogP contribution in [0.4, 0.5) is 13.2 Å². The Balaban J connectivity index is 1.68. The average molecular weight is 361 g/mol. The summed E-state index contributed by atoms with van der Waals surface area (Å²) in [5, 5.41) is 8.94. The predicted molar refractivity (Wildman–Crippen MR) is 82.0 cm³/mol. The van der Waals surface area contributed by atoms with Gasteiger partial charge in [0.2, 0.25) is 0 Å². The molecule has 0 saturated carbocycles. The third-order valence-electron chi connectivity index (χ3n) is 4.71. The summed E-state index contributed by atoms with van der Waals surface area (Å²) in [4.78, 5) is 12.4. The Morgan fingerprint density at radius 1 is 1.36 bits per heavy atom. The Morgan fingerprint density at radius 3 is 2.84 bits per heavy atom. The van der Waals surface area contributed by atoms with Crippen molar-refractivity contribution >= 4 is 5.91 Å². The lowest BCUT2D eigenvalue weighted by Gasteiger charge is -2.29. The maximum absolute atomic E-state index is 13.4. The van der Waals surface area contributed by atoms with Gasteiger partial charge >= 0.3 is 6.18 Å². The molecule has 0 bridgehead atoms. The van der Waals surface area contributed by atoms with Crippen LogP contribution < -0.4 is 10.6 Å². The van der Waals surface area contributed by atoms with Gasteiger partial charge in [-0.2, -0.15) is 13.2 Å². The van der Waals surface area contributed by atoms with E-state index in [1.54, 1.807) is 0 Å². The van der Waals surface area contributed by atoms with Crippen molar-refractivity contribution in [2.24, 2.45) is 0 Å². The minimum atomic E-state index is -4.52. The monoisotopic (exact) mass is 361 g/mol. The highest BCUT2D eigenvalue weighted by molar-refractivity contribution is 5.95. The van der Waals surface area contributed by atoms with E-state index in [-0.39, 0.29) is 23.7 Å². The molecular formula is C16H22F3N3O3. The van der Waals surface area contributed by atoms with Crippen molar-refractivity contribution in [1.82, 2.24) is 15.8 Å². The van der Waals surface area contributed by atoms with E-state index in [0.717, 1.165) is 25.5 Å². The molecule has 2 aliphatic rings. The van der Waals surface area contributed by atoms with Gasteiger partial charge < -0.3 is 19.9 Å². The number of halogens is 3. The fourth-order valence-corrected chi connectivity index (χ4v) is 3.36. The number of rotatable bonds is 5. The zero-order chi connectivity index (χ0) is 17.9. The maximum atomic E-state index is 13.4. The summed E-state index contributed by atoms with van der Waals surface area (Å²) < 4.78 is 50.4. The van der Waals surface area contributed by atoms with Gasteiger partial charge in [-0.05, 0) is 38.6 Å². The van der Waals surface area contributed by atoms with Crippen molar-refractivity contribution in [2.45, 2.75) is 62.9 Å². The first-order chi connectivity index (χ1) is 11.9. The maximum Gasteiger partial charge on any atom is 0.408 e. The zero-order valence-corrected chi connectivity index (χ0v) is 13.8. The molecule has 1 aromatic rings. The van der Waals surface area contributed by atoms with Crippen molar-refractivity contribution in [3.8, 4) is 0 Å². The second-order valence-corrected chi connectivity index (χ2v) is 6.57. The lowest BCUT2D eigenvalue weighted by atomic mass is 9.97. The molecule has 2 saturated heterocycles. The SMILES string of the molecule is O=C(NC(CC1CCCCN1)C(F)(F)F)c1conc1C1CCCO1. The molecule has 3 atom stereocenters. The van der Waals surface area contributed by atoms with E-state index in [1.807, 2.05) is 0 Å². The molecule has 9 heteroatoms. The minimum absolute atomic E-state index is 0.0118. The number of carbonyl (C=O) groups excluding carboxylic acids is 1. The van der Waals surface area contributed by atoms with Crippen LogP contribution in [0.3, 0.4) is 0 Å². The third kappa shape index (κ3) is 4.52. The minimum Gasteiger partial charge on any atom is -0.372 e. The number of piperidine rings is 1. The van der Waals surface area contributed by atoms with Crippen LogP contribution in [0.1, 0.15) is 60.7 Å². The lowest BCUT2D eigenvalue weighted by Crippen LogP contribution is -2.50. The molecule has 0 radical (unpaired) electrons. The highest BCUT2D eigenvalue weighted by Crippen LogP contribution is 2.31. The highest BCUT2D eigenvalue weighted by atomic mass is 19.4. The summed E-state index contributed by atoms with van der Waals surface area (Å²) in [5.74, 6) is -0.829. The first-order valence-electron chi connectivity index (χ1n) is 8.62. The fraction of sp³-hybridized carbons (Fsp3) is 0.750. The van der Waals surface area contributed by atoms with Gasteiger partial charge in [-0.3, -0.25) is 4.79 Å². The quantitative estimate of drug-likeness (QED) is 0.843.